The van der Waals surface area contributed by atoms with E-state index in [9.17, 15) is 0 Å². The van der Waals surface area contributed by atoms with Crippen molar-refractivity contribution in [2.75, 3.05) is 0 Å². The third kappa shape index (κ3) is 3.12. The van der Waals surface area contributed by atoms with Crippen LogP contribution in [0.25, 0.3) is 0 Å². The van der Waals surface area contributed by atoms with E-state index in [0.29, 0.717) is 0 Å². The molecule has 0 unspecified atom stereocenters. The maximum Gasteiger partial charge on any atom is 0.0692 e. The van der Waals surface area contributed by atoms with Gasteiger partial charge in [-0.15, -0.1) is 5.10 Å². The van der Waals surface area contributed by atoms with Gasteiger partial charge in [0.2, 0.25) is 0 Å². The number of hydrogen-bond acceptors (Lipinski definition) is 4. The molecule has 0 atom stereocenters. The summed E-state index contributed by atoms with van der Waals surface area (Å²) in [6, 6.07) is 3.92. The molecular weight excluding hydrogens is 190 g/mol. The molecule has 2 aromatic heterocycles. The van der Waals surface area contributed by atoms with Crippen LogP contribution in [0, 0.1) is 0 Å². The third-order valence-corrected chi connectivity index (χ3v) is 2.17. The number of hydrogen-bond donors (Lipinski definition) is 0. The van der Waals surface area contributed by atoms with Gasteiger partial charge in [-0.3, -0.25) is 4.68 Å². The minimum Gasteiger partial charge on any atom is -0.253 e. The van der Waals surface area contributed by atoms with Gasteiger partial charge in [0.25, 0.3) is 0 Å². The molecule has 0 spiro atoms. The Morgan fingerprint density at radius 3 is 2.87 bits per heavy atom. The predicted octanol–water partition coefficient (Wildman–Crippen LogP) is 1.09. The molecule has 0 aliphatic heterocycles. The summed E-state index contributed by atoms with van der Waals surface area (Å²) in [5, 5.41) is 15.5. The molecule has 2 heterocycles. The molecule has 5 heteroatoms. The molecule has 0 aliphatic carbocycles. The van der Waals surface area contributed by atoms with Crippen molar-refractivity contribution in [2.24, 2.45) is 0 Å². The fourth-order valence-electron chi connectivity index (χ4n) is 1.40. The average molecular weight is 203 g/mol. The molecule has 0 amide bonds. The Kier molecular flexibility index (Phi) is 3.38. The first-order valence-electron chi connectivity index (χ1n) is 5.06. The van der Waals surface area contributed by atoms with E-state index < -0.39 is 0 Å². The van der Waals surface area contributed by atoms with E-state index in [1.165, 1.54) is 0 Å². The molecule has 0 aliphatic rings. The summed E-state index contributed by atoms with van der Waals surface area (Å²) in [7, 11) is 0. The molecule has 78 valence electrons. The quantitative estimate of drug-likeness (QED) is 0.682. The summed E-state index contributed by atoms with van der Waals surface area (Å²) in [6.07, 6.45) is 8.42. The zero-order valence-corrected chi connectivity index (χ0v) is 8.45. The first-order chi connectivity index (χ1) is 7.45. The number of aromatic nitrogens is 5. The van der Waals surface area contributed by atoms with E-state index in [2.05, 4.69) is 20.5 Å². The van der Waals surface area contributed by atoms with Crippen molar-refractivity contribution in [3.63, 3.8) is 0 Å². The summed E-state index contributed by atoms with van der Waals surface area (Å²) in [4.78, 5) is 0. The summed E-state index contributed by atoms with van der Waals surface area (Å²) < 4.78 is 1.84. The standard InChI is InChI=1S/C10H13N5/c1(2-8-15-9-7-12-14-15)4-10-5-3-6-11-13-10/h3,5-7,9H,1-2,4,8H2. The minimum atomic E-state index is 0.917. The van der Waals surface area contributed by atoms with Crippen LogP contribution in [0.2, 0.25) is 0 Å². The summed E-state index contributed by atoms with van der Waals surface area (Å²) >= 11 is 0. The van der Waals surface area contributed by atoms with E-state index in [4.69, 9.17) is 0 Å². The van der Waals surface area contributed by atoms with Crippen LogP contribution in [0.3, 0.4) is 0 Å². The van der Waals surface area contributed by atoms with Crippen molar-refractivity contribution in [1.29, 1.82) is 0 Å². The number of nitrogens with zero attached hydrogens (tertiary/aromatic N) is 5. The molecule has 0 saturated carbocycles. The van der Waals surface area contributed by atoms with Crippen LogP contribution in [-0.2, 0) is 13.0 Å². The Balaban J connectivity index is 1.68. The summed E-state index contributed by atoms with van der Waals surface area (Å²) in [6.45, 7) is 0.917. The zero-order chi connectivity index (χ0) is 10.3. The number of aryl methyl sites for hydroxylation is 2. The topological polar surface area (TPSA) is 56.5 Å². The van der Waals surface area contributed by atoms with E-state index in [-0.39, 0.29) is 0 Å². The van der Waals surface area contributed by atoms with Crippen molar-refractivity contribution < 1.29 is 0 Å². The van der Waals surface area contributed by atoms with Gasteiger partial charge in [-0.1, -0.05) is 5.21 Å². The van der Waals surface area contributed by atoms with Gasteiger partial charge in [-0.05, 0) is 31.4 Å². The SMILES string of the molecule is c1cnnc(CCCCn2ccnn2)c1. The zero-order valence-electron chi connectivity index (χ0n) is 8.45. The predicted molar refractivity (Wildman–Crippen MR) is 55.0 cm³/mol. The van der Waals surface area contributed by atoms with Crippen LogP contribution < -0.4 is 0 Å². The van der Waals surface area contributed by atoms with Gasteiger partial charge in [0.1, 0.15) is 0 Å². The van der Waals surface area contributed by atoms with Crippen molar-refractivity contribution in [3.8, 4) is 0 Å². The fourth-order valence-corrected chi connectivity index (χ4v) is 1.40. The molecule has 0 fully saturated rings. The fraction of sp³-hybridized carbons (Fsp3) is 0.400. The van der Waals surface area contributed by atoms with Gasteiger partial charge in [0.05, 0.1) is 11.9 Å². The molecule has 15 heavy (non-hydrogen) atoms. The Morgan fingerprint density at radius 2 is 2.13 bits per heavy atom. The number of unbranched alkanes of at least 4 members (excludes halogenated alkanes) is 1. The van der Waals surface area contributed by atoms with Crippen molar-refractivity contribution in [2.45, 2.75) is 25.8 Å². The molecule has 0 aromatic carbocycles. The van der Waals surface area contributed by atoms with E-state index >= 15 is 0 Å². The maximum absolute atomic E-state index is 4.03. The van der Waals surface area contributed by atoms with Gasteiger partial charge < -0.3 is 0 Å². The van der Waals surface area contributed by atoms with Crippen LogP contribution in [0.4, 0.5) is 0 Å². The second-order valence-electron chi connectivity index (χ2n) is 3.34. The lowest BCUT2D eigenvalue weighted by Gasteiger charge is -2.00. The molecule has 0 radical (unpaired) electrons. The lowest BCUT2D eigenvalue weighted by molar-refractivity contribution is 0.538. The molecule has 2 rings (SSSR count). The van der Waals surface area contributed by atoms with Gasteiger partial charge in [0.15, 0.2) is 0 Å². The van der Waals surface area contributed by atoms with E-state index in [1.807, 2.05) is 23.0 Å². The Morgan fingerprint density at radius 1 is 1.13 bits per heavy atom. The first kappa shape index (κ1) is 9.76. The molecule has 0 N–H and O–H groups in total. The molecule has 0 bridgehead atoms. The van der Waals surface area contributed by atoms with Gasteiger partial charge in [-0.25, -0.2) is 0 Å². The van der Waals surface area contributed by atoms with Crippen molar-refractivity contribution in [1.82, 2.24) is 25.2 Å². The van der Waals surface area contributed by atoms with E-state index in [0.717, 1.165) is 31.5 Å². The number of rotatable bonds is 5. The highest BCUT2D eigenvalue weighted by Gasteiger charge is 1.95. The second-order valence-corrected chi connectivity index (χ2v) is 3.34. The monoisotopic (exact) mass is 203 g/mol. The summed E-state index contributed by atoms with van der Waals surface area (Å²) in [5.74, 6) is 0. The van der Waals surface area contributed by atoms with Gasteiger partial charge in [0, 0.05) is 18.9 Å². The van der Waals surface area contributed by atoms with E-state index in [1.54, 1.807) is 12.4 Å². The van der Waals surface area contributed by atoms with Crippen LogP contribution >= 0.6 is 0 Å². The summed E-state index contributed by atoms with van der Waals surface area (Å²) in [5.41, 5.74) is 1.05. The maximum atomic E-state index is 4.03. The van der Waals surface area contributed by atoms with Crippen LogP contribution in [0.15, 0.2) is 30.7 Å². The molecule has 2 aromatic rings. The highest BCUT2D eigenvalue weighted by atomic mass is 15.4. The van der Waals surface area contributed by atoms with Crippen LogP contribution in [-0.4, -0.2) is 25.2 Å². The minimum absolute atomic E-state index is 0.917. The van der Waals surface area contributed by atoms with Gasteiger partial charge in [-0.2, -0.15) is 10.2 Å². The Hall–Kier alpha value is -1.78. The molecular formula is C10H13N5. The van der Waals surface area contributed by atoms with Crippen molar-refractivity contribution >= 4 is 0 Å². The smallest absolute Gasteiger partial charge is 0.0692 e. The first-order valence-corrected chi connectivity index (χ1v) is 5.06. The Bertz CT molecular complexity index is 370. The average Bonchev–Trinajstić information content (AvgIpc) is 2.79. The highest BCUT2D eigenvalue weighted by Crippen LogP contribution is 2.01. The normalized spacial score (nSPS) is 10.4. The second kappa shape index (κ2) is 5.19. The molecule has 5 nitrogen and oxygen atoms in total. The lowest BCUT2D eigenvalue weighted by Crippen LogP contribution is -2.00. The van der Waals surface area contributed by atoms with Crippen LogP contribution in [0.5, 0.6) is 0 Å². The largest absolute Gasteiger partial charge is 0.253 e. The van der Waals surface area contributed by atoms with Crippen molar-refractivity contribution in [3.05, 3.63) is 36.4 Å². The highest BCUT2D eigenvalue weighted by molar-refractivity contribution is 4.98. The Labute approximate surface area is 88.2 Å². The molecule has 0 saturated heterocycles. The lowest BCUT2D eigenvalue weighted by atomic mass is 10.2. The van der Waals surface area contributed by atoms with Gasteiger partial charge >= 0.3 is 0 Å². The van der Waals surface area contributed by atoms with Crippen LogP contribution in [0.1, 0.15) is 18.5 Å². The third-order valence-electron chi connectivity index (χ3n) is 2.17.